The Morgan fingerprint density at radius 2 is 2.25 bits per heavy atom. The summed E-state index contributed by atoms with van der Waals surface area (Å²) >= 11 is 0. The van der Waals surface area contributed by atoms with Gasteiger partial charge in [-0.1, -0.05) is 6.42 Å². The minimum Gasteiger partial charge on any atom is -0.363 e. The van der Waals surface area contributed by atoms with Gasteiger partial charge >= 0.3 is 0 Å². The molecule has 0 bridgehead atoms. The predicted molar refractivity (Wildman–Crippen MR) is 62.2 cm³/mol. The summed E-state index contributed by atoms with van der Waals surface area (Å²) in [5, 5.41) is 6.16. The molecule has 0 aromatic rings. The molecule has 0 aromatic heterocycles. The molecule has 0 spiro atoms. The quantitative estimate of drug-likeness (QED) is 0.724. The van der Waals surface area contributed by atoms with Crippen LogP contribution in [0.5, 0.6) is 0 Å². The van der Waals surface area contributed by atoms with Gasteiger partial charge in [0.2, 0.25) is 5.91 Å². The number of hydrogen-bond acceptors (Lipinski definition) is 3. The number of amides is 1. The Labute approximate surface area is 97.1 Å². The molecule has 0 aromatic carbocycles. The molecular weight excluding hydrogens is 204 g/mol. The normalized spacial score (nSPS) is 25.4. The number of carbonyl (C=O) groups excluding carboxylic acids is 1. The number of ether oxygens (including phenoxy) is 1. The third-order valence-electron chi connectivity index (χ3n) is 3.80. The van der Waals surface area contributed by atoms with Crippen LogP contribution >= 0.6 is 0 Å². The first-order valence-electron chi connectivity index (χ1n) is 6.23. The van der Waals surface area contributed by atoms with Crippen LogP contribution < -0.4 is 10.6 Å². The van der Waals surface area contributed by atoms with Crippen molar-refractivity contribution in [3.63, 3.8) is 0 Å². The van der Waals surface area contributed by atoms with E-state index in [1.54, 1.807) is 0 Å². The van der Waals surface area contributed by atoms with Crippen molar-refractivity contribution in [3.05, 3.63) is 0 Å². The number of hydrogen-bond donors (Lipinski definition) is 2. The molecular formula is C12H22N2O2. The van der Waals surface area contributed by atoms with E-state index in [4.69, 9.17) is 4.74 Å². The van der Waals surface area contributed by atoms with Crippen LogP contribution in [0.25, 0.3) is 0 Å². The van der Waals surface area contributed by atoms with Gasteiger partial charge in [0, 0.05) is 19.1 Å². The van der Waals surface area contributed by atoms with Crippen molar-refractivity contribution in [1.82, 2.24) is 10.6 Å². The van der Waals surface area contributed by atoms with Crippen LogP contribution in [0.4, 0.5) is 0 Å². The maximum atomic E-state index is 11.6. The highest BCUT2D eigenvalue weighted by molar-refractivity contribution is 5.77. The molecule has 92 valence electrons. The molecule has 2 rings (SSSR count). The van der Waals surface area contributed by atoms with Crippen molar-refractivity contribution in [2.75, 3.05) is 19.7 Å². The molecule has 16 heavy (non-hydrogen) atoms. The Bertz CT molecular complexity index is 260. The molecule has 1 unspecified atom stereocenters. The molecule has 1 amide bonds. The van der Waals surface area contributed by atoms with Crippen molar-refractivity contribution >= 4 is 5.91 Å². The molecule has 2 fully saturated rings. The third kappa shape index (κ3) is 2.74. The van der Waals surface area contributed by atoms with Crippen LogP contribution in [0.1, 0.15) is 33.1 Å². The zero-order valence-electron chi connectivity index (χ0n) is 10.2. The van der Waals surface area contributed by atoms with Gasteiger partial charge in [-0.15, -0.1) is 0 Å². The molecule has 1 aliphatic carbocycles. The second kappa shape index (κ2) is 4.72. The highest BCUT2D eigenvalue weighted by Gasteiger charge is 2.33. The second-order valence-electron chi connectivity index (χ2n) is 5.39. The van der Waals surface area contributed by atoms with Gasteiger partial charge in [-0.2, -0.15) is 0 Å². The fraction of sp³-hybridized carbons (Fsp3) is 0.917. The lowest BCUT2D eigenvalue weighted by Crippen LogP contribution is -2.59. The summed E-state index contributed by atoms with van der Waals surface area (Å²) in [6.07, 6.45) is 3.82. The molecule has 1 atom stereocenters. The minimum atomic E-state index is -0.128. The first kappa shape index (κ1) is 11.9. The highest BCUT2D eigenvalue weighted by Crippen LogP contribution is 2.29. The van der Waals surface area contributed by atoms with E-state index in [9.17, 15) is 4.79 Å². The molecule has 4 heteroatoms. The minimum absolute atomic E-state index is 0.0209. The third-order valence-corrected chi connectivity index (χ3v) is 3.80. The van der Waals surface area contributed by atoms with Gasteiger partial charge < -0.3 is 15.4 Å². The maximum absolute atomic E-state index is 11.6. The molecule has 4 nitrogen and oxygen atoms in total. The van der Waals surface area contributed by atoms with Crippen molar-refractivity contribution < 1.29 is 9.53 Å². The van der Waals surface area contributed by atoms with Crippen LogP contribution in [-0.4, -0.2) is 37.2 Å². The Morgan fingerprint density at radius 3 is 2.69 bits per heavy atom. The largest absolute Gasteiger partial charge is 0.363 e. The van der Waals surface area contributed by atoms with E-state index >= 15 is 0 Å². The van der Waals surface area contributed by atoms with Gasteiger partial charge in [0.1, 0.15) is 6.61 Å². The summed E-state index contributed by atoms with van der Waals surface area (Å²) < 4.78 is 5.58. The topological polar surface area (TPSA) is 50.4 Å². The van der Waals surface area contributed by atoms with Crippen molar-refractivity contribution in [2.24, 2.45) is 5.92 Å². The summed E-state index contributed by atoms with van der Waals surface area (Å²) in [5.74, 6) is 0.706. The summed E-state index contributed by atoms with van der Waals surface area (Å²) in [7, 11) is 0. The molecule has 2 aliphatic rings. The fourth-order valence-electron chi connectivity index (χ4n) is 2.17. The molecule has 1 saturated heterocycles. The SMILES string of the molecule is CC(NC(=O)COC1(C)CNC1)C1CCC1. The average molecular weight is 226 g/mol. The average Bonchev–Trinajstić information content (AvgIpc) is 2.08. The number of carbonyl (C=O) groups is 1. The zero-order valence-corrected chi connectivity index (χ0v) is 10.2. The summed E-state index contributed by atoms with van der Waals surface area (Å²) in [5.41, 5.74) is -0.128. The van der Waals surface area contributed by atoms with E-state index in [0.717, 1.165) is 13.1 Å². The number of nitrogens with one attached hydrogen (secondary N) is 2. The Balaban J connectivity index is 1.63. The van der Waals surface area contributed by atoms with Crippen LogP contribution in [0.3, 0.4) is 0 Å². The van der Waals surface area contributed by atoms with Gasteiger partial charge in [0.25, 0.3) is 0 Å². The lowest BCUT2D eigenvalue weighted by Gasteiger charge is -2.39. The van der Waals surface area contributed by atoms with E-state index in [0.29, 0.717) is 12.0 Å². The molecule has 1 saturated carbocycles. The summed E-state index contributed by atoms with van der Waals surface area (Å²) in [4.78, 5) is 11.6. The van der Waals surface area contributed by atoms with Crippen LogP contribution in [0.2, 0.25) is 0 Å². The van der Waals surface area contributed by atoms with Gasteiger partial charge in [-0.3, -0.25) is 4.79 Å². The Kier molecular flexibility index (Phi) is 3.50. The van der Waals surface area contributed by atoms with E-state index in [1.165, 1.54) is 19.3 Å². The van der Waals surface area contributed by atoms with Crippen molar-refractivity contribution in [3.8, 4) is 0 Å². The predicted octanol–water partition coefficient (Wildman–Crippen LogP) is 0.670. The van der Waals surface area contributed by atoms with E-state index < -0.39 is 0 Å². The lowest BCUT2D eigenvalue weighted by molar-refractivity contribution is -0.137. The smallest absolute Gasteiger partial charge is 0.246 e. The Morgan fingerprint density at radius 1 is 1.56 bits per heavy atom. The second-order valence-corrected chi connectivity index (χ2v) is 5.39. The summed E-state index contributed by atoms with van der Waals surface area (Å²) in [6, 6.07) is 0.303. The van der Waals surface area contributed by atoms with E-state index in [1.807, 2.05) is 6.92 Å². The van der Waals surface area contributed by atoms with E-state index in [-0.39, 0.29) is 18.1 Å². The first-order valence-corrected chi connectivity index (χ1v) is 6.23. The number of rotatable bonds is 5. The molecule has 1 aliphatic heterocycles. The van der Waals surface area contributed by atoms with Crippen LogP contribution in [0, 0.1) is 5.92 Å². The van der Waals surface area contributed by atoms with Gasteiger partial charge in [0.15, 0.2) is 0 Å². The molecule has 2 N–H and O–H groups in total. The van der Waals surface area contributed by atoms with Crippen molar-refractivity contribution in [1.29, 1.82) is 0 Å². The first-order chi connectivity index (χ1) is 7.59. The monoisotopic (exact) mass is 226 g/mol. The van der Waals surface area contributed by atoms with E-state index in [2.05, 4.69) is 17.6 Å². The van der Waals surface area contributed by atoms with Crippen LogP contribution in [-0.2, 0) is 9.53 Å². The van der Waals surface area contributed by atoms with Gasteiger partial charge in [-0.25, -0.2) is 0 Å². The molecule has 1 heterocycles. The highest BCUT2D eigenvalue weighted by atomic mass is 16.5. The fourth-order valence-corrected chi connectivity index (χ4v) is 2.17. The van der Waals surface area contributed by atoms with Gasteiger partial charge in [-0.05, 0) is 32.6 Å². The van der Waals surface area contributed by atoms with Gasteiger partial charge in [0.05, 0.1) is 5.60 Å². The maximum Gasteiger partial charge on any atom is 0.246 e. The lowest BCUT2D eigenvalue weighted by atomic mass is 9.80. The standard InChI is InChI=1S/C12H22N2O2/c1-9(10-4-3-5-10)14-11(15)6-16-12(2)7-13-8-12/h9-10,13H,3-8H2,1-2H3,(H,14,15). The molecule has 0 radical (unpaired) electrons. The van der Waals surface area contributed by atoms with Crippen molar-refractivity contribution in [2.45, 2.75) is 44.8 Å². The zero-order chi connectivity index (χ0) is 11.6. The summed E-state index contributed by atoms with van der Waals surface area (Å²) in [6.45, 7) is 6.01. The Hall–Kier alpha value is -0.610. The van der Waals surface area contributed by atoms with Crippen LogP contribution in [0.15, 0.2) is 0 Å².